The van der Waals surface area contributed by atoms with Gasteiger partial charge in [0.05, 0.1) is 0 Å². The first-order chi connectivity index (χ1) is 10.4. The molecule has 0 radical (unpaired) electrons. The molecule has 0 heterocycles. The van der Waals surface area contributed by atoms with Gasteiger partial charge in [-0.1, -0.05) is 76.1 Å². The number of Topliss-reactive ketones (excluding diaryl/α,β-unsaturated/α-hetero) is 1. The molecule has 1 heteroatoms. The van der Waals surface area contributed by atoms with Crippen LogP contribution in [0.5, 0.6) is 0 Å². The zero-order valence-corrected chi connectivity index (χ0v) is 14.4. The van der Waals surface area contributed by atoms with Crippen LogP contribution in [0.2, 0.25) is 0 Å². The summed E-state index contributed by atoms with van der Waals surface area (Å²) in [5.74, 6) is 0.892. The molecule has 3 atom stereocenters. The molecule has 3 rings (SSSR count). The predicted octanol–water partition coefficient (Wildman–Crippen LogP) is 5.67. The molecule has 1 aromatic carbocycles. The zero-order valence-electron chi connectivity index (χ0n) is 14.4. The minimum absolute atomic E-state index is 0.0341. The highest BCUT2D eigenvalue weighted by atomic mass is 16.1. The van der Waals surface area contributed by atoms with Gasteiger partial charge < -0.3 is 0 Å². The van der Waals surface area contributed by atoms with Crippen molar-refractivity contribution in [3.05, 3.63) is 47.5 Å². The fourth-order valence-corrected chi connectivity index (χ4v) is 5.17. The van der Waals surface area contributed by atoms with Gasteiger partial charge in [0.1, 0.15) is 0 Å². The number of carbonyl (C=O) groups excluding carboxylic acids is 1. The fourth-order valence-electron chi connectivity index (χ4n) is 5.17. The molecule has 0 N–H and O–H groups in total. The molecule has 0 aliphatic heterocycles. The fraction of sp³-hybridized carbons (Fsp3) is 0.571. The Morgan fingerprint density at radius 1 is 1.09 bits per heavy atom. The third-order valence-corrected chi connectivity index (χ3v) is 6.13. The number of ketones is 1. The molecular weight excluding hydrogens is 268 g/mol. The van der Waals surface area contributed by atoms with Gasteiger partial charge in [-0.3, -0.25) is 4.79 Å². The average Bonchev–Trinajstić information content (AvgIpc) is 2.46. The topological polar surface area (TPSA) is 17.1 Å². The maximum atomic E-state index is 13.3. The SMILES string of the molecule is C[C@@H]1CC=C2C(C)(C)CCC[C@]2(C)[C@H]1C(=O)c1ccccc1. The first-order valence-electron chi connectivity index (χ1n) is 8.67. The van der Waals surface area contributed by atoms with Gasteiger partial charge in [-0.25, -0.2) is 0 Å². The summed E-state index contributed by atoms with van der Waals surface area (Å²) in [6, 6.07) is 9.89. The highest BCUT2D eigenvalue weighted by Crippen LogP contribution is 2.59. The minimum Gasteiger partial charge on any atom is -0.294 e. The van der Waals surface area contributed by atoms with Crippen molar-refractivity contribution in [2.45, 2.75) is 53.4 Å². The van der Waals surface area contributed by atoms with Crippen molar-refractivity contribution in [1.82, 2.24) is 0 Å². The van der Waals surface area contributed by atoms with E-state index in [4.69, 9.17) is 0 Å². The summed E-state index contributed by atoms with van der Waals surface area (Å²) in [6.07, 6.45) is 7.12. The Morgan fingerprint density at radius 3 is 2.45 bits per heavy atom. The van der Waals surface area contributed by atoms with E-state index < -0.39 is 0 Å². The zero-order chi connectivity index (χ0) is 16.0. The number of benzene rings is 1. The monoisotopic (exact) mass is 296 g/mol. The van der Waals surface area contributed by atoms with E-state index in [0.717, 1.165) is 18.4 Å². The second-order valence-electron chi connectivity index (χ2n) is 8.19. The lowest BCUT2D eigenvalue weighted by atomic mass is 9.50. The van der Waals surface area contributed by atoms with Crippen molar-refractivity contribution < 1.29 is 4.79 Å². The molecule has 0 amide bonds. The highest BCUT2D eigenvalue weighted by Gasteiger charge is 2.52. The molecule has 0 bridgehead atoms. The molecule has 1 aromatic rings. The summed E-state index contributed by atoms with van der Waals surface area (Å²) in [7, 11) is 0. The normalized spacial score (nSPS) is 33.7. The van der Waals surface area contributed by atoms with Gasteiger partial charge in [0.25, 0.3) is 0 Å². The van der Waals surface area contributed by atoms with Crippen LogP contribution < -0.4 is 0 Å². The molecule has 0 saturated heterocycles. The van der Waals surface area contributed by atoms with Crippen LogP contribution >= 0.6 is 0 Å². The number of rotatable bonds is 2. The van der Waals surface area contributed by atoms with E-state index in [1.807, 2.05) is 30.3 Å². The first-order valence-corrected chi connectivity index (χ1v) is 8.67. The molecule has 2 aliphatic carbocycles. The summed E-state index contributed by atoms with van der Waals surface area (Å²) >= 11 is 0. The van der Waals surface area contributed by atoms with Crippen LogP contribution in [0.3, 0.4) is 0 Å². The summed E-state index contributed by atoms with van der Waals surface area (Å²) in [5.41, 5.74) is 2.69. The smallest absolute Gasteiger partial charge is 0.167 e. The van der Waals surface area contributed by atoms with Crippen molar-refractivity contribution in [2.75, 3.05) is 0 Å². The lowest BCUT2D eigenvalue weighted by Gasteiger charge is -2.53. The van der Waals surface area contributed by atoms with Crippen LogP contribution in [0.25, 0.3) is 0 Å². The predicted molar refractivity (Wildman–Crippen MR) is 91.9 cm³/mol. The minimum atomic E-state index is 0.0341. The summed E-state index contributed by atoms with van der Waals surface area (Å²) in [4.78, 5) is 13.3. The van der Waals surface area contributed by atoms with Crippen LogP contribution in [0.4, 0.5) is 0 Å². The third kappa shape index (κ3) is 2.35. The van der Waals surface area contributed by atoms with E-state index >= 15 is 0 Å². The molecule has 1 fully saturated rings. The van der Waals surface area contributed by atoms with Crippen molar-refractivity contribution in [2.24, 2.45) is 22.7 Å². The molecule has 1 nitrogen and oxygen atoms in total. The van der Waals surface area contributed by atoms with E-state index in [2.05, 4.69) is 33.8 Å². The van der Waals surface area contributed by atoms with E-state index in [1.165, 1.54) is 12.8 Å². The van der Waals surface area contributed by atoms with Gasteiger partial charge in [0.15, 0.2) is 5.78 Å². The second kappa shape index (κ2) is 5.37. The standard InChI is InChI=1S/C21H28O/c1-15-11-12-17-20(2,3)13-8-14-21(17,4)18(15)19(22)16-9-6-5-7-10-16/h5-7,9-10,12,15,18H,8,11,13-14H2,1-4H3/t15-,18-,21+/m1/s1. The first kappa shape index (κ1) is 15.5. The molecule has 1 saturated carbocycles. The lowest BCUT2D eigenvalue weighted by Crippen LogP contribution is -2.47. The molecular formula is C21H28O. The van der Waals surface area contributed by atoms with E-state index in [-0.39, 0.29) is 16.7 Å². The molecule has 0 unspecified atom stereocenters. The summed E-state index contributed by atoms with van der Waals surface area (Å²) in [6.45, 7) is 9.32. The van der Waals surface area contributed by atoms with Gasteiger partial charge in [0, 0.05) is 11.5 Å². The number of allylic oxidation sites excluding steroid dienone is 2. The lowest BCUT2D eigenvalue weighted by molar-refractivity contribution is 0.0527. The molecule has 0 aromatic heterocycles. The third-order valence-electron chi connectivity index (χ3n) is 6.13. The molecule has 0 spiro atoms. The molecule has 2 aliphatic rings. The van der Waals surface area contributed by atoms with Gasteiger partial charge in [0.2, 0.25) is 0 Å². The van der Waals surface area contributed by atoms with Crippen LogP contribution in [0.15, 0.2) is 42.0 Å². The number of carbonyl (C=O) groups is 1. The van der Waals surface area contributed by atoms with Crippen molar-refractivity contribution in [3.8, 4) is 0 Å². The second-order valence-corrected chi connectivity index (χ2v) is 8.19. The van der Waals surface area contributed by atoms with Crippen LogP contribution in [0, 0.1) is 22.7 Å². The Balaban J connectivity index is 2.04. The highest BCUT2D eigenvalue weighted by molar-refractivity contribution is 5.99. The quantitative estimate of drug-likeness (QED) is 0.508. The van der Waals surface area contributed by atoms with Crippen molar-refractivity contribution in [3.63, 3.8) is 0 Å². The van der Waals surface area contributed by atoms with E-state index in [9.17, 15) is 4.79 Å². The summed E-state index contributed by atoms with van der Waals surface area (Å²) < 4.78 is 0. The Morgan fingerprint density at radius 2 is 1.77 bits per heavy atom. The Hall–Kier alpha value is -1.37. The Kier molecular flexibility index (Phi) is 3.79. The van der Waals surface area contributed by atoms with Gasteiger partial charge >= 0.3 is 0 Å². The van der Waals surface area contributed by atoms with E-state index in [1.54, 1.807) is 5.57 Å². The number of fused-ring (bicyclic) bond motifs is 1. The molecule has 118 valence electrons. The van der Waals surface area contributed by atoms with Gasteiger partial charge in [-0.15, -0.1) is 0 Å². The average molecular weight is 296 g/mol. The molecule has 22 heavy (non-hydrogen) atoms. The van der Waals surface area contributed by atoms with Crippen LogP contribution in [0.1, 0.15) is 63.7 Å². The summed E-state index contributed by atoms with van der Waals surface area (Å²) in [5, 5.41) is 0. The Bertz CT molecular complexity index is 596. The van der Waals surface area contributed by atoms with Crippen LogP contribution in [-0.4, -0.2) is 5.78 Å². The van der Waals surface area contributed by atoms with Crippen LogP contribution in [-0.2, 0) is 0 Å². The van der Waals surface area contributed by atoms with Crippen molar-refractivity contribution in [1.29, 1.82) is 0 Å². The number of hydrogen-bond acceptors (Lipinski definition) is 1. The van der Waals surface area contributed by atoms with Crippen molar-refractivity contribution >= 4 is 5.78 Å². The van der Waals surface area contributed by atoms with E-state index in [0.29, 0.717) is 11.7 Å². The van der Waals surface area contributed by atoms with Gasteiger partial charge in [-0.2, -0.15) is 0 Å². The largest absolute Gasteiger partial charge is 0.294 e. The Labute approximate surface area is 134 Å². The maximum Gasteiger partial charge on any atom is 0.167 e. The number of hydrogen-bond donors (Lipinski definition) is 0. The van der Waals surface area contributed by atoms with Gasteiger partial charge in [-0.05, 0) is 36.0 Å². The maximum absolute atomic E-state index is 13.3.